The Kier molecular flexibility index (Phi) is 5.84. The van der Waals surface area contributed by atoms with Crippen LogP contribution in [0.3, 0.4) is 0 Å². The second kappa shape index (κ2) is 6.16. The maximum Gasteiger partial charge on any atom is 0.313 e. The Morgan fingerprint density at radius 2 is 2.18 bits per heavy atom. The SMILES string of the molecule is O=CC(CCCCCl)C(=O)O. The van der Waals surface area contributed by atoms with Crippen LogP contribution in [0.5, 0.6) is 0 Å². The number of carbonyl (C=O) groups is 2. The molecule has 0 rings (SSSR count). The molecule has 0 radical (unpaired) electrons. The predicted molar refractivity (Wildman–Crippen MR) is 41.8 cm³/mol. The molecule has 11 heavy (non-hydrogen) atoms. The van der Waals surface area contributed by atoms with Gasteiger partial charge < -0.3 is 9.90 Å². The van der Waals surface area contributed by atoms with E-state index in [2.05, 4.69) is 0 Å². The van der Waals surface area contributed by atoms with Crippen LogP contribution in [0, 0.1) is 5.92 Å². The summed E-state index contributed by atoms with van der Waals surface area (Å²) in [6, 6.07) is 0. The quantitative estimate of drug-likeness (QED) is 0.289. The molecule has 3 nitrogen and oxygen atoms in total. The fourth-order valence-electron chi connectivity index (χ4n) is 0.708. The number of carboxylic acid groups (broad SMARTS) is 1. The van der Waals surface area contributed by atoms with E-state index in [9.17, 15) is 9.59 Å². The summed E-state index contributed by atoms with van der Waals surface area (Å²) in [5.41, 5.74) is 0. The standard InChI is InChI=1S/C7H11ClO3/c8-4-2-1-3-6(5-9)7(10)11/h5-6H,1-4H2,(H,10,11). The first kappa shape index (κ1) is 10.4. The van der Waals surface area contributed by atoms with Crippen molar-refractivity contribution in [2.75, 3.05) is 5.88 Å². The van der Waals surface area contributed by atoms with Gasteiger partial charge in [-0.2, -0.15) is 0 Å². The van der Waals surface area contributed by atoms with Gasteiger partial charge in [0.1, 0.15) is 12.2 Å². The number of carbonyl (C=O) groups excluding carboxylic acids is 1. The van der Waals surface area contributed by atoms with Crippen LogP contribution in [-0.4, -0.2) is 23.2 Å². The van der Waals surface area contributed by atoms with Crippen LogP contribution in [0.25, 0.3) is 0 Å². The summed E-state index contributed by atoms with van der Waals surface area (Å²) >= 11 is 5.37. The molecular weight excluding hydrogens is 168 g/mol. The van der Waals surface area contributed by atoms with Gasteiger partial charge >= 0.3 is 5.97 Å². The monoisotopic (exact) mass is 178 g/mol. The van der Waals surface area contributed by atoms with Crippen molar-refractivity contribution in [2.45, 2.75) is 19.3 Å². The molecule has 1 unspecified atom stereocenters. The summed E-state index contributed by atoms with van der Waals surface area (Å²) in [4.78, 5) is 20.4. The minimum absolute atomic E-state index is 0.394. The predicted octanol–water partition coefficient (Wildman–Crippen LogP) is 1.30. The molecule has 1 atom stereocenters. The number of hydrogen-bond donors (Lipinski definition) is 1. The third-order valence-electron chi connectivity index (χ3n) is 1.38. The van der Waals surface area contributed by atoms with Crippen LogP contribution in [0.4, 0.5) is 0 Å². The average molecular weight is 179 g/mol. The minimum atomic E-state index is -1.05. The zero-order valence-electron chi connectivity index (χ0n) is 6.12. The summed E-state index contributed by atoms with van der Waals surface area (Å²) < 4.78 is 0. The van der Waals surface area contributed by atoms with E-state index in [-0.39, 0.29) is 0 Å². The number of unbranched alkanes of at least 4 members (excludes halogenated alkanes) is 1. The fraction of sp³-hybridized carbons (Fsp3) is 0.714. The summed E-state index contributed by atoms with van der Waals surface area (Å²) in [6.07, 6.45) is 2.32. The van der Waals surface area contributed by atoms with E-state index in [1.54, 1.807) is 0 Å². The summed E-state index contributed by atoms with van der Waals surface area (Å²) in [5.74, 6) is -1.38. The van der Waals surface area contributed by atoms with Crippen LogP contribution in [0.1, 0.15) is 19.3 Å². The first-order valence-corrected chi connectivity index (χ1v) is 4.00. The van der Waals surface area contributed by atoms with Crippen molar-refractivity contribution < 1.29 is 14.7 Å². The molecule has 0 aromatic heterocycles. The molecule has 0 spiro atoms. The van der Waals surface area contributed by atoms with E-state index in [0.717, 1.165) is 6.42 Å². The Morgan fingerprint density at radius 1 is 1.55 bits per heavy atom. The molecule has 0 amide bonds. The number of carboxylic acids is 1. The Hall–Kier alpha value is -0.570. The lowest BCUT2D eigenvalue weighted by Crippen LogP contribution is -2.14. The van der Waals surface area contributed by atoms with Gasteiger partial charge in [0.25, 0.3) is 0 Å². The van der Waals surface area contributed by atoms with Gasteiger partial charge in [-0.05, 0) is 12.8 Å². The Balaban J connectivity index is 3.52. The first-order chi connectivity index (χ1) is 5.22. The van der Waals surface area contributed by atoms with Gasteiger partial charge in [0.2, 0.25) is 0 Å². The summed E-state index contributed by atoms with van der Waals surface area (Å²) in [6.45, 7) is 0. The van der Waals surface area contributed by atoms with Crippen LogP contribution < -0.4 is 0 Å². The summed E-state index contributed by atoms with van der Waals surface area (Å²) in [5, 5.41) is 8.41. The van der Waals surface area contributed by atoms with Gasteiger partial charge in [0, 0.05) is 5.88 Å². The van der Waals surface area contributed by atoms with E-state index in [1.165, 1.54) is 0 Å². The molecule has 0 bridgehead atoms. The number of halogens is 1. The number of aldehydes is 1. The highest BCUT2D eigenvalue weighted by atomic mass is 35.5. The van der Waals surface area contributed by atoms with Crippen LogP contribution >= 0.6 is 11.6 Å². The molecule has 4 heteroatoms. The van der Waals surface area contributed by atoms with Crippen molar-refractivity contribution in [1.82, 2.24) is 0 Å². The van der Waals surface area contributed by atoms with Crippen molar-refractivity contribution in [3.8, 4) is 0 Å². The zero-order chi connectivity index (χ0) is 8.69. The highest BCUT2D eigenvalue weighted by molar-refractivity contribution is 6.17. The molecule has 0 aliphatic carbocycles. The van der Waals surface area contributed by atoms with Crippen molar-refractivity contribution in [2.24, 2.45) is 5.92 Å². The van der Waals surface area contributed by atoms with E-state index in [4.69, 9.17) is 16.7 Å². The second-order valence-corrected chi connectivity index (χ2v) is 2.64. The van der Waals surface area contributed by atoms with Crippen molar-refractivity contribution in [3.05, 3.63) is 0 Å². The van der Waals surface area contributed by atoms with Gasteiger partial charge in [-0.3, -0.25) is 4.79 Å². The van der Waals surface area contributed by atoms with Crippen molar-refractivity contribution >= 4 is 23.9 Å². The zero-order valence-corrected chi connectivity index (χ0v) is 6.88. The van der Waals surface area contributed by atoms with E-state index in [0.29, 0.717) is 25.0 Å². The first-order valence-electron chi connectivity index (χ1n) is 3.46. The van der Waals surface area contributed by atoms with Crippen molar-refractivity contribution in [1.29, 1.82) is 0 Å². The third-order valence-corrected chi connectivity index (χ3v) is 1.65. The number of rotatable bonds is 6. The smallest absolute Gasteiger partial charge is 0.313 e. The lowest BCUT2D eigenvalue weighted by Gasteiger charge is -2.01. The van der Waals surface area contributed by atoms with Crippen LogP contribution in [0.2, 0.25) is 0 Å². The average Bonchev–Trinajstić information content (AvgIpc) is 1.97. The number of aliphatic carboxylic acids is 1. The van der Waals surface area contributed by atoms with Gasteiger partial charge in [0.15, 0.2) is 0 Å². The van der Waals surface area contributed by atoms with Gasteiger partial charge in [0.05, 0.1) is 0 Å². The molecule has 0 aliphatic heterocycles. The van der Waals surface area contributed by atoms with Gasteiger partial charge in [-0.25, -0.2) is 0 Å². The van der Waals surface area contributed by atoms with E-state index < -0.39 is 11.9 Å². The Morgan fingerprint density at radius 3 is 2.55 bits per heavy atom. The number of hydrogen-bond acceptors (Lipinski definition) is 2. The lowest BCUT2D eigenvalue weighted by molar-refractivity contribution is -0.143. The van der Waals surface area contributed by atoms with E-state index in [1.807, 2.05) is 0 Å². The second-order valence-electron chi connectivity index (χ2n) is 2.27. The molecular formula is C7H11ClO3. The Labute approximate surface area is 70.3 Å². The molecule has 0 aromatic carbocycles. The fourth-order valence-corrected chi connectivity index (χ4v) is 0.897. The summed E-state index contributed by atoms with van der Waals surface area (Å²) in [7, 11) is 0. The molecule has 0 saturated heterocycles. The maximum absolute atomic E-state index is 10.3. The largest absolute Gasteiger partial charge is 0.481 e. The highest BCUT2D eigenvalue weighted by Gasteiger charge is 2.14. The van der Waals surface area contributed by atoms with Gasteiger partial charge in [-0.15, -0.1) is 11.6 Å². The van der Waals surface area contributed by atoms with E-state index >= 15 is 0 Å². The molecule has 0 fully saturated rings. The molecule has 64 valence electrons. The molecule has 0 aromatic rings. The molecule has 0 heterocycles. The maximum atomic E-state index is 10.3. The lowest BCUT2D eigenvalue weighted by atomic mass is 10.0. The topological polar surface area (TPSA) is 54.4 Å². The molecule has 0 saturated carbocycles. The molecule has 0 aliphatic rings. The van der Waals surface area contributed by atoms with Crippen LogP contribution in [0.15, 0.2) is 0 Å². The minimum Gasteiger partial charge on any atom is -0.481 e. The number of alkyl halides is 1. The Bertz CT molecular complexity index is 136. The third kappa shape index (κ3) is 4.79. The highest BCUT2D eigenvalue weighted by Crippen LogP contribution is 2.06. The van der Waals surface area contributed by atoms with Crippen LogP contribution in [-0.2, 0) is 9.59 Å². The molecule has 1 N–H and O–H groups in total. The van der Waals surface area contributed by atoms with Crippen molar-refractivity contribution in [3.63, 3.8) is 0 Å². The van der Waals surface area contributed by atoms with Gasteiger partial charge in [-0.1, -0.05) is 6.42 Å². The normalized spacial score (nSPS) is 12.5.